The molecule has 1 aromatic heterocycles. The molecule has 0 bridgehead atoms. The van der Waals surface area contributed by atoms with Crippen LogP contribution in [0.4, 0.5) is 0 Å². The molecule has 2 heterocycles. The molecule has 0 N–H and O–H groups in total. The molecule has 0 radical (unpaired) electrons. The second-order valence-corrected chi connectivity index (χ2v) is 6.88. The van der Waals surface area contributed by atoms with E-state index in [0.29, 0.717) is 5.91 Å². The van der Waals surface area contributed by atoms with Crippen molar-refractivity contribution in [1.29, 1.82) is 0 Å². The molecule has 1 saturated heterocycles. The van der Waals surface area contributed by atoms with Crippen LogP contribution in [-0.2, 0) is 16.8 Å². The van der Waals surface area contributed by atoms with Gasteiger partial charge in [-0.05, 0) is 30.0 Å². The third-order valence-electron chi connectivity index (χ3n) is 5.27. The van der Waals surface area contributed by atoms with E-state index in [-0.39, 0.29) is 5.41 Å². The van der Waals surface area contributed by atoms with Gasteiger partial charge in [0, 0.05) is 45.1 Å². The van der Waals surface area contributed by atoms with Crippen LogP contribution in [0.3, 0.4) is 0 Å². The molecule has 4 nitrogen and oxygen atoms in total. The van der Waals surface area contributed by atoms with Crippen LogP contribution in [0.25, 0.3) is 0 Å². The SMILES string of the molecule is O=C(N1CCN(Cc2cccnc2)CC1)C1(c2ccccc2)CC1. The molecule has 124 valence electrons. The summed E-state index contributed by atoms with van der Waals surface area (Å²) in [6.07, 6.45) is 5.71. The molecule has 1 saturated carbocycles. The topological polar surface area (TPSA) is 36.4 Å². The second-order valence-electron chi connectivity index (χ2n) is 6.88. The minimum absolute atomic E-state index is 0.229. The summed E-state index contributed by atoms with van der Waals surface area (Å²) in [5.41, 5.74) is 2.19. The van der Waals surface area contributed by atoms with Gasteiger partial charge in [0.15, 0.2) is 0 Å². The quantitative estimate of drug-likeness (QED) is 0.868. The van der Waals surface area contributed by atoms with Crippen LogP contribution in [0.5, 0.6) is 0 Å². The van der Waals surface area contributed by atoms with Gasteiger partial charge >= 0.3 is 0 Å². The third-order valence-corrected chi connectivity index (χ3v) is 5.27. The van der Waals surface area contributed by atoms with Gasteiger partial charge in [-0.2, -0.15) is 0 Å². The molecule has 1 aromatic carbocycles. The molecule has 1 aliphatic carbocycles. The molecule has 2 fully saturated rings. The minimum atomic E-state index is -0.229. The summed E-state index contributed by atoms with van der Waals surface area (Å²) in [5.74, 6) is 0.328. The van der Waals surface area contributed by atoms with E-state index in [9.17, 15) is 4.79 Å². The largest absolute Gasteiger partial charge is 0.339 e. The fraction of sp³-hybridized carbons (Fsp3) is 0.400. The van der Waals surface area contributed by atoms with Gasteiger partial charge < -0.3 is 4.90 Å². The van der Waals surface area contributed by atoms with E-state index in [1.165, 1.54) is 11.1 Å². The van der Waals surface area contributed by atoms with Gasteiger partial charge in [-0.3, -0.25) is 14.7 Å². The minimum Gasteiger partial charge on any atom is -0.339 e. The van der Waals surface area contributed by atoms with E-state index in [0.717, 1.165) is 45.6 Å². The molecule has 1 amide bonds. The molecule has 0 unspecified atom stereocenters. The number of benzene rings is 1. The molecule has 4 heteroatoms. The second kappa shape index (κ2) is 6.36. The average molecular weight is 321 g/mol. The molecule has 24 heavy (non-hydrogen) atoms. The van der Waals surface area contributed by atoms with Crippen molar-refractivity contribution >= 4 is 5.91 Å². The van der Waals surface area contributed by atoms with Crippen LogP contribution < -0.4 is 0 Å². The normalized spacial score (nSPS) is 19.9. The van der Waals surface area contributed by atoms with Crippen molar-refractivity contribution in [3.63, 3.8) is 0 Å². The number of carbonyl (C=O) groups excluding carboxylic acids is 1. The summed E-state index contributed by atoms with van der Waals surface area (Å²) < 4.78 is 0. The van der Waals surface area contributed by atoms with Gasteiger partial charge in [0.2, 0.25) is 5.91 Å². The average Bonchev–Trinajstić information content (AvgIpc) is 3.45. The van der Waals surface area contributed by atoms with Crippen molar-refractivity contribution in [2.75, 3.05) is 26.2 Å². The number of carbonyl (C=O) groups is 1. The Balaban J connectivity index is 1.37. The third kappa shape index (κ3) is 2.94. The zero-order valence-electron chi connectivity index (χ0n) is 13.9. The van der Waals surface area contributed by atoms with Gasteiger partial charge in [0.25, 0.3) is 0 Å². The van der Waals surface area contributed by atoms with Crippen molar-refractivity contribution in [3.8, 4) is 0 Å². The summed E-state index contributed by atoms with van der Waals surface area (Å²) in [6.45, 7) is 4.44. The van der Waals surface area contributed by atoms with E-state index >= 15 is 0 Å². The fourth-order valence-electron chi connectivity index (χ4n) is 3.67. The first-order valence-corrected chi connectivity index (χ1v) is 8.74. The lowest BCUT2D eigenvalue weighted by molar-refractivity contribution is -0.135. The molecule has 0 atom stereocenters. The first-order valence-electron chi connectivity index (χ1n) is 8.74. The maximum atomic E-state index is 13.0. The lowest BCUT2D eigenvalue weighted by Gasteiger charge is -2.36. The van der Waals surface area contributed by atoms with E-state index < -0.39 is 0 Å². The number of hydrogen-bond donors (Lipinski definition) is 0. The monoisotopic (exact) mass is 321 g/mol. The van der Waals surface area contributed by atoms with Crippen molar-refractivity contribution in [3.05, 3.63) is 66.0 Å². The van der Waals surface area contributed by atoms with Crippen LogP contribution in [0.2, 0.25) is 0 Å². The van der Waals surface area contributed by atoms with Gasteiger partial charge in [0.1, 0.15) is 0 Å². The highest BCUT2D eigenvalue weighted by Gasteiger charge is 2.53. The predicted molar refractivity (Wildman–Crippen MR) is 93.4 cm³/mol. The van der Waals surface area contributed by atoms with Gasteiger partial charge in [-0.15, -0.1) is 0 Å². The number of amides is 1. The standard InChI is InChI=1S/C20H23N3O/c24-19(20(8-9-20)18-6-2-1-3-7-18)23-13-11-22(12-14-23)16-17-5-4-10-21-15-17/h1-7,10,15H,8-9,11-14,16H2. The molecule has 4 rings (SSSR count). The number of aromatic nitrogens is 1. The smallest absolute Gasteiger partial charge is 0.233 e. The Morgan fingerprint density at radius 2 is 1.75 bits per heavy atom. The van der Waals surface area contributed by atoms with Gasteiger partial charge in [-0.1, -0.05) is 36.4 Å². The predicted octanol–water partition coefficient (Wildman–Crippen LogP) is 2.46. The molecular formula is C20H23N3O. The van der Waals surface area contributed by atoms with Crippen LogP contribution in [0, 0.1) is 0 Å². The maximum absolute atomic E-state index is 13.0. The van der Waals surface area contributed by atoms with E-state index in [4.69, 9.17) is 0 Å². The molecule has 0 spiro atoms. The Bertz CT molecular complexity index is 689. The molecular weight excluding hydrogens is 298 g/mol. The molecule has 1 aliphatic heterocycles. The lowest BCUT2D eigenvalue weighted by atomic mass is 9.94. The Morgan fingerprint density at radius 1 is 1.00 bits per heavy atom. The summed E-state index contributed by atoms with van der Waals surface area (Å²) in [4.78, 5) is 21.7. The molecule has 2 aromatic rings. The highest BCUT2D eigenvalue weighted by molar-refractivity contribution is 5.91. The number of pyridine rings is 1. The Kier molecular flexibility index (Phi) is 4.07. The summed E-state index contributed by atoms with van der Waals surface area (Å²) >= 11 is 0. The number of piperazine rings is 1. The summed E-state index contributed by atoms with van der Waals surface area (Å²) in [7, 11) is 0. The van der Waals surface area contributed by atoms with Crippen LogP contribution in [-0.4, -0.2) is 46.9 Å². The Morgan fingerprint density at radius 3 is 2.38 bits per heavy atom. The van der Waals surface area contributed by atoms with Crippen molar-refractivity contribution in [2.24, 2.45) is 0 Å². The van der Waals surface area contributed by atoms with Crippen molar-refractivity contribution < 1.29 is 4.79 Å². The van der Waals surface area contributed by atoms with Crippen molar-refractivity contribution in [2.45, 2.75) is 24.8 Å². The van der Waals surface area contributed by atoms with Crippen molar-refractivity contribution in [1.82, 2.24) is 14.8 Å². The highest BCUT2D eigenvalue weighted by Crippen LogP contribution is 2.49. The van der Waals surface area contributed by atoms with Crippen LogP contribution >= 0.6 is 0 Å². The Labute approximate surface area is 143 Å². The van der Waals surface area contributed by atoms with E-state index in [1.54, 1.807) is 6.20 Å². The highest BCUT2D eigenvalue weighted by atomic mass is 16.2. The summed E-state index contributed by atoms with van der Waals surface area (Å²) in [6, 6.07) is 14.4. The number of rotatable bonds is 4. The first-order chi connectivity index (χ1) is 11.8. The van der Waals surface area contributed by atoms with Gasteiger partial charge in [-0.25, -0.2) is 0 Å². The Hall–Kier alpha value is -2.20. The first kappa shape index (κ1) is 15.3. The fourth-order valence-corrected chi connectivity index (χ4v) is 3.67. The molecule has 2 aliphatic rings. The zero-order valence-corrected chi connectivity index (χ0v) is 13.9. The van der Waals surface area contributed by atoms with E-state index in [1.807, 2.05) is 30.5 Å². The maximum Gasteiger partial charge on any atom is 0.233 e. The van der Waals surface area contributed by atoms with Crippen LogP contribution in [0.15, 0.2) is 54.9 Å². The van der Waals surface area contributed by atoms with Gasteiger partial charge in [0.05, 0.1) is 5.41 Å². The lowest BCUT2D eigenvalue weighted by Crippen LogP contribution is -2.51. The zero-order chi connectivity index (χ0) is 16.4. The van der Waals surface area contributed by atoms with Crippen LogP contribution in [0.1, 0.15) is 24.0 Å². The van der Waals surface area contributed by atoms with E-state index in [2.05, 4.69) is 33.0 Å². The number of nitrogens with zero attached hydrogens (tertiary/aromatic N) is 3. The number of hydrogen-bond acceptors (Lipinski definition) is 3. The summed E-state index contributed by atoms with van der Waals surface area (Å²) in [5, 5.41) is 0.